The minimum atomic E-state index is -3.90. The van der Waals surface area contributed by atoms with Crippen molar-refractivity contribution in [2.24, 2.45) is 11.1 Å². The highest BCUT2D eigenvalue weighted by atomic mass is 32.2. The number of carbonyl (C=O) groups excluding carboxylic acids is 1. The molecule has 0 bridgehead atoms. The molecule has 0 aliphatic heterocycles. The highest BCUT2D eigenvalue weighted by Gasteiger charge is 2.21. The van der Waals surface area contributed by atoms with E-state index in [0.717, 1.165) is 6.42 Å². The maximum absolute atomic E-state index is 12.2. The summed E-state index contributed by atoms with van der Waals surface area (Å²) < 4.78 is 22.9. The van der Waals surface area contributed by atoms with Crippen LogP contribution in [0.25, 0.3) is 0 Å². The number of benzene rings is 1. The summed E-state index contributed by atoms with van der Waals surface area (Å²) in [7, 11) is -3.90. The molecule has 1 amide bonds. The van der Waals surface area contributed by atoms with Crippen molar-refractivity contribution in [3.63, 3.8) is 0 Å². The fraction of sp³-hybridized carbons (Fsp3) is 0.462. The SMILES string of the molecule is CCC(NC(=O)c1ccccc1S(N)(=O)=O)C(C)C. The van der Waals surface area contributed by atoms with E-state index in [-0.39, 0.29) is 22.4 Å². The fourth-order valence-corrected chi connectivity index (χ4v) is 2.62. The molecule has 1 rings (SSSR count). The van der Waals surface area contributed by atoms with Gasteiger partial charge in [-0.1, -0.05) is 32.9 Å². The molecule has 3 N–H and O–H groups in total. The molecule has 19 heavy (non-hydrogen) atoms. The van der Waals surface area contributed by atoms with Crippen LogP contribution in [-0.2, 0) is 10.0 Å². The van der Waals surface area contributed by atoms with Crippen molar-refractivity contribution in [3.8, 4) is 0 Å². The quantitative estimate of drug-likeness (QED) is 0.858. The number of amides is 1. The second-order valence-electron chi connectivity index (χ2n) is 4.77. The molecule has 0 radical (unpaired) electrons. The summed E-state index contributed by atoms with van der Waals surface area (Å²) in [6.07, 6.45) is 0.779. The van der Waals surface area contributed by atoms with Crippen molar-refractivity contribution in [2.45, 2.75) is 38.1 Å². The van der Waals surface area contributed by atoms with Gasteiger partial charge in [0.15, 0.2) is 0 Å². The van der Waals surface area contributed by atoms with Crippen LogP contribution in [0.4, 0.5) is 0 Å². The molecule has 1 atom stereocenters. The van der Waals surface area contributed by atoms with Gasteiger partial charge in [-0.2, -0.15) is 0 Å². The average molecular weight is 284 g/mol. The highest BCUT2D eigenvalue weighted by molar-refractivity contribution is 7.89. The maximum atomic E-state index is 12.2. The lowest BCUT2D eigenvalue weighted by Crippen LogP contribution is -2.38. The predicted octanol–water partition coefficient (Wildman–Crippen LogP) is 1.50. The maximum Gasteiger partial charge on any atom is 0.252 e. The Morgan fingerprint density at radius 2 is 1.89 bits per heavy atom. The first-order chi connectivity index (χ1) is 8.77. The van der Waals surface area contributed by atoms with Crippen molar-refractivity contribution in [1.82, 2.24) is 5.32 Å². The summed E-state index contributed by atoms with van der Waals surface area (Å²) in [5.41, 5.74) is 0.0871. The second-order valence-corrected chi connectivity index (χ2v) is 6.30. The summed E-state index contributed by atoms with van der Waals surface area (Å²) in [6.45, 7) is 5.97. The largest absolute Gasteiger partial charge is 0.349 e. The van der Waals surface area contributed by atoms with Crippen LogP contribution in [0, 0.1) is 5.92 Å². The predicted molar refractivity (Wildman–Crippen MR) is 74.2 cm³/mol. The molecule has 0 heterocycles. The molecule has 0 saturated carbocycles. The van der Waals surface area contributed by atoms with Crippen molar-refractivity contribution in [2.75, 3.05) is 0 Å². The van der Waals surface area contributed by atoms with Gasteiger partial charge in [0, 0.05) is 6.04 Å². The smallest absolute Gasteiger partial charge is 0.252 e. The molecular formula is C13H20N2O3S. The Morgan fingerprint density at radius 1 is 1.32 bits per heavy atom. The Labute approximate surface area is 114 Å². The van der Waals surface area contributed by atoms with Crippen molar-refractivity contribution < 1.29 is 13.2 Å². The van der Waals surface area contributed by atoms with Crippen LogP contribution >= 0.6 is 0 Å². The lowest BCUT2D eigenvalue weighted by Gasteiger charge is -2.21. The Bertz CT molecular complexity index is 553. The van der Waals surface area contributed by atoms with Crippen LogP contribution < -0.4 is 10.5 Å². The van der Waals surface area contributed by atoms with Gasteiger partial charge < -0.3 is 5.32 Å². The van der Waals surface area contributed by atoms with Crippen molar-refractivity contribution in [3.05, 3.63) is 29.8 Å². The summed E-state index contributed by atoms with van der Waals surface area (Å²) in [4.78, 5) is 12.0. The molecule has 1 aromatic rings. The summed E-state index contributed by atoms with van der Waals surface area (Å²) in [5.74, 6) is -0.138. The second kappa shape index (κ2) is 6.16. The van der Waals surface area contributed by atoms with Crippen LogP contribution in [0.15, 0.2) is 29.2 Å². The minimum Gasteiger partial charge on any atom is -0.349 e. The standard InChI is InChI=1S/C13H20N2O3S/c1-4-11(9(2)3)15-13(16)10-7-5-6-8-12(10)19(14,17)18/h5-9,11H,4H2,1-3H3,(H,15,16)(H2,14,17,18). The zero-order valence-electron chi connectivity index (χ0n) is 11.4. The van der Waals surface area contributed by atoms with Crippen LogP contribution in [0.3, 0.4) is 0 Å². The zero-order valence-corrected chi connectivity index (χ0v) is 12.2. The van der Waals surface area contributed by atoms with Gasteiger partial charge in [0.2, 0.25) is 10.0 Å². The third-order valence-electron chi connectivity index (χ3n) is 3.00. The first-order valence-corrected chi connectivity index (χ1v) is 7.74. The first kappa shape index (κ1) is 15.7. The molecule has 0 aliphatic rings. The van der Waals surface area contributed by atoms with E-state index in [1.807, 2.05) is 20.8 Å². The molecule has 0 aromatic heterocycles. The third kappa shape index (κ3) is 4.04. The number of carbonyl (C=O) groups is 1. The Morgan fingerprint density at radius 3 is 2.37 bits per heavy atom. The Balaban J connectivity index is 3.08. The van der Waals surface area contributed by atoms with E-state index in [1.165, 1.54) is 18.2 Å². The Hall–Kier alpha value is -1.40. The molecule has 0 fully saturated rings. The van der Waals surface area contributed by atoms with Gasteiger partial charge in [-0.25, -0.2) is 13.6 Å². The van der Waals surface area contributed by atoms with E-state index < -0.39 is 15.9 Å². The molecule has 1 aromatic carbocycles. The molecule has 106 valence electrons. The lowest BCUT2D eigenvalue weighted by molar-refractivity contribution is 0.0921. The van der Waals surface area contributed by atoms with Crippen molar-refractivity contribution >= 4 is 15.9 Å². The zero-order chi connectivity index (χ0) is 14.6. The average Bonchev–Trinajstić information content (AvgIpc) is 2.34. The molecule has 6 heteroatoms. The first-order valence-electron chi connectivity index (χ1n) is 6.20. The number of hydrogen-bond donors (Lipinski definition) is 2. The van der Waals surface area contributed by atoms with Crippen LogP contribution in [-0.4, -0.2) is 20.4 Å². The van der Waals surface area contributed by atoms with Crippen LogP contribution in [0.5, 0.6) is 0 Å². The number of sulfonamides is 1. The van der Waals surface area contributed by atoms with Gasteiger partial charge in [-0.15, -0.1) is 0 Å². The molecule has 1 unspecified atom stereocenters. The fourth-order valence-electron chi connectivity index (χ4n) is 1.89. The van der Waals surface area contributed by atoms with Gasteiger partial charge in [0.05, 0.1) is 10.5 Å². The number of nitrogens with two attached hydrogens (primary N) is 1. The monoisotopic (exact) mass is 284 g/mol. The molecular weight excluding hydrogens is 264 g/mol. The van der Waals surface area contributed by atoms with E-state index in [2.05, 4.69) is 5.32 Å². The summed E-state index contributed by atoms with van der Waals surface area (Å²) >= 11 is 0. The molecule has 0 spiro atoms. The van der Waals surface area contributed by atoms with Crippen LogP contribution in [0.1, 0.15) is 37.6 Å². The van der Waals surface area contributed by atoms with Crippen LogP contribution in [0.2, 0.25) is 0 Å². The van der Waals surface area contributed by atoms with Gasteiger partial charge in [0.25, 0.3) is 5.91 Å². The van der Waals surface area contributed by atoms with E-state index in [1.54, 1.807) is 6.07 Å². The summed E-state index contributed by atoms with van der Waals surface area (Å²) in [6, 6.07) is 5.94. The van der Waals surface area contributed by atoms with E-state index in [9.17, 15) is 13.2 Å². The van der Waals surface area contributed by atoms with E-state index in [4.69, 9.17) is 5.14 Å². The molecule has 0 aliphatic carbocycles. The number of hydrogen-bond acceptors (Lipinski definition) is 3. The topological polar surface area (TPSA) is 89.3 Å². The number of nitrogens with one attached hydrogen (secondary N) is 1. The molecule has 0 saturated heterocycles. The Kier molecular flexibility index (Phi) is 5.08. The highest BCUT2D eigenvalue weighted by Crippen LogP contribution is 2.15. The molecule has 5 nitrogen and oxygen atoms in total. The number of rotatable bonds is 5. The van der Waals surface area contributed by atoms with Gasteiger partial charge >= 0.3 is 0 Å². The lowest BCUT2D eigenvalue weighted by atomic mass is 10.0. The third-order valence-corrected chi connectivity index (χ3v) is 3.97. The normalized spacial score (nSPS) is 13.3. The summed E-state index contributed by atoms with van der Waals surface area (Å²) in [5, 5.41) is 7.95. The van der Waals surface area contributed by atoms with E-state index >= 15 is 0 Å². The minimum absolute atomic E-state index is 0.000958. The van der Waals surface area contributed by atoms with Crippen molar-refractivity contribution in [1.29, 1.82) is 0 Å². The van der Waals surface area contributed by atoms with Gasteiger partial charge in [0.1, 0.15) is 0 Å². The number of primary sulfonamides is 1. The van der Waals surface area contributed by atoms with Gasteiger partial charge in [-0.3, -0.25) is 4.79 Å². The van der Waals surface area contributed by atoms with Gasteiger partial charge in [-0.05, 0) is 24.5 Å². The van der Waals surface area contributed by atoms with E-state index in [0.29, 0.717) is 0 Å².